The van der Waals surface area contributed by atoms with Gasteiger partial charge in [0.15, 0.2) is 0 Å². The molecule has 0 amide bonds. The highest BCUT2D eigenvalue weighted by molar-refractivity contribution is 7.98. The van der Waals surface area contributed by atoms with E-state index in [9.17, 15) is 5.11 Å². The topological polar surface area (TPSA) is 59.2 Å². The third-order valence-corrected chi connectivity index (χ3v) is 4.46. The van der Waals surface area contributed by atoms with Crippen LogP contribution in [0, 0.1) is 0 Å². The monoisotopic (exact) mass is 346 g/mol. The van der Waals surface area contributed by atoms with Gasteiger partial charge in [0.1, 0.15) is 0 Å². The molecule has 1 heterocycles. The van der Waals surface area contributed by atoms with E-state index in [2.05, 4.69) is 10.2 Å². The molecule has 3 rings (SSSR count). The molecule has 0 aliphatic carbocycles. The fourth-order valence-corrected chi connectivity index (χ4v) is 3.09. The summed E-state index contributed by atoms with van der Waals surface area (Å²) in [6, 6.07) is 16.9. The van der Waals surface area contributed by atoms with E-state index >= 15 is 0 Å². The smallest absolute Gasteiger partial charge is 0.247 e. The van der Waals surface area contributed by atoms with Crippen LogP contribution in [0.15, 0.2) is 59.0 Å². The average molecular weight is 347 g/mol. The van der Waals surface area contributed by atoms with Crippen LogP contribution >= 0.6 is 23.4 Å². The number of aromatic nitrogens is 2. The summed E-state index contributed by atoms with van der Waals surface area (Å²) in [5.74, 6) is 2.10. The lowest BCUT2D eigenvalue weighted by molar-refractivity contribution is 0.204. The minimum atomic E-state index is -0.503. The summed E-state index contributed by atoms with van der Waals surface area (Å²) in [7, 11) is 0. The van der Waals surface area contributed by atoms with Gasteiger partial charge in [0.05, 0.1) is 11.9 Å². The molecule has 0 fully saturated rings. The predicted molar refractivity (Wildman–Crippen MR) is 92.3 cm³/mol. The Morgan fingerprint density at radius 2 is 1.91 bits per heavy atom. The van der Waals surface area contributed by atoms with Crippen molar-refractivity contribution in [3.05, 3.63) is 71.1 Å². The van der Waals surface area contributed by atoms with Crippen molar-refractivity contribution in [1.82, 2.24) is 10.2 Å². The molecular weight excluding hydrogens is 332 g/mol. The largest absolute Gasteiger partial charge is 0.420 e. The van der Waals surface area contributed by atoms with Crippen LogP contribution in [-0.4, -0.2) is 21.1 Å². The maximum Gasteiger partial charge on any atom is 0.247 e. The highest BCUT2D eigenvalue weighted by atomic mass is 35.5. The van der Waals surface area contributed by atoms with Gasteiger partial charge in [-0.2, -0.15) is 0 Å². The molecule has 0 unspecified atom stereocenters. The molecule has 0 spiro atoms. The van der Waals surface area contributed by atoms with Gasteiger partial charge >= 0.3 is 0 Å². The zero-order chi connectivity index (χ0) is 16.1. The Kier molecular flexibility index (Phi) is 5.33. The van der Waals surface area contributed by atoms with Crippen molar-refractivity contribution in [2.75, 3.05) is 5.75 Å². The number of aliphatic hydroxyl groups excluding tert-OH is 1. The van der Waals surface area contributed by atoms with E-state index in [1.54, 1.807) is 23.9 Å². The van der Waals surface area contributed by atoms with E-state index in [-0.39, 0.29) is 0 Å². The lowest BCUT2D eigenvalue weighted by Crippen LogP contribution is -2.00. The van der Waals surface area contributed by atoms with Gasteiger partial charge in [0.2, 0.25) is 11.8 Å². The molecule has 3 aromatic rings. The summed E-state index contributed by atoms with van der Waals surface area (Å²) in [4.78, 5) is 0. The second kappa shape index (κ2) is 7.64. The molecule has 1 atom stereocenters. The summed E-state index contributed by atoms with van der Waals surface area (Å²) in [6.07, 6.45) is -0.503. The molecule has 1 N–H and O–H groups in total. The Balaban J connectivity index is 1.55. The second-order valence-corrected chi connectivity index (χ2v) is 6.42. The number of aliphatic hydroxyl groups is 1. The molecule has 0 bridgehead atoms. The SMILES string of the molecule is O[C@@H](CSCc1nnc(-c2cccc(Cl)c2)o1)c1ccccc1. The van der Waals surface area contributed by atoms with Crippen LogP contribution in [0.3, 0.4) is 0 Å². The fraction of sp³-hybridized carbons (Fsp3) is 0.176. The van der Waals surface area contributed by atoms with Gasteiger partial charge in [-0.05, 0) is 23.8 Å². The molecule has 23 heavy (non-hydrogen) atoms. The van der Waals surface area contributed by atoms with Crippen molar-refractivity contribution in [3.8, 4) is 11.5 Å². The number of rotatable bonds is 6. The van der Waals surface area contributed by atoms with Gasteiger partial charge in [-0.15, -0.1) is 22.0 Å². The third-order valence-electron chi connectivity index (χ3n) is 3.22. The second-order valence-electron chi connectivity index (χ2n) is 4.95. The normalized spacial score (nSPS) is 12.3. The van der Waals surface area contributed by atoms with E-state index in [1.165, 1.54) is 0 Å². The third kappa shape index (κ3) is 4.34. The number of hydrogen-bond acceptors (Lipinski definition) is 5. The molecule has 0 saturated carbocycles. The summed E-state index contributed by atoms with van der Waals surface area (Å²) in [5, 5.41) is 18.8. The Hall–Kier alpha value is -1.82. The first kappa shape index (κ1) is 16.1. The van der Waals surface area contributed by atoms with Crippen LogP contribution in [0.25, 0.3) is 11.5 Å². The van der Waals surface area contributed by atoms with E-state index in [0.717, 1.165) is 11.1 Å². The van der Waals surface area contributed by atoms with Crippen LogP contribution < -0.4 is 0 Å². The Morgan fingerprint density at radius 3 is 2.70 bits per heavy atom. The highest BCUT2D eigenvalue weighted by Crippen LogP contribution is 2.24. The molecular formula is C17H15ClN2O2S. The molecule has 2 aromatic carbocycles. The molecule has 0 aliphatic heterocycles. The lowest BCUT2D eigenvalue weighted by Gasteiger charge is -2.09. The van der Waals surface area contributed by atoms with Crippen molar-refractivity contribution in [2.24, 2.45) is 0 Å². The first-order valence-electron chi connectivity index (χ1n) is 7.11. The number of halogens is 1. The molecule has 0 aliphatic rings. The minimum absolute atomic E-state index is 0.451. The zero-order valence-corrected chi connectivity index (χ0v) is 13.8. The number of benzene rings is 2. The van der Waals surface area contributed by atoms with Gasteiger partial charge in [-0.3, -0.25) is 0 Å². The predicted octanol–water partition coefficient (Wildman–Crippen LogP) is 4.36. The maximum atomic E-state index is 10.1. The standard InChI is InChI=1S/C17H15ClN2O2S/c18-14-8-4-7-13(9-14)17-20-19-16(22-17)11-23-10-15(21)12-5-2-1-3-6-12/h1-9,15,21H,10-11H2/t15-/m0/s1. The summed E-state index contributed by atoms with van der Waals surface area (Å²) < 4.78 is 5.63. The van der Waals surface area contributed by atoms with Crippen molar-refractivity contribution in [2.45, 2.75) is 11.9 Å². The van der Waals surface area contributed by atoms with Crippen molar-refractivity contribution in [1.29, 1.82) is 0 Å². The summed E-state index contributed by atoms with van der Waals surface area (Å²) in [5.41, 5.74) is 1.70. The quantitative estimate of drug-likeness (QED) is 0.718. The van der Waals surface area contributed by atoms with Crippen LogP contribution in [-0.2, 0) is 5.75 Å². The van der Waals surface area contributed by atoms with E-state index in [4.69, 9.17) is 16.0 Å². The van der Waals surface area contributed by atoms with Gasteiger partial charge in [0, 0.05) is 16.3 Å². The van der Waals surface area contributed by atoms with E-state index < -0.39 is 6.10 Å². The van der Waals surface area contributed by atoms with Gasteiger partial charge in [-0.25, -0.2) is 0 Å². The van der Waals surface area contributed by atoms with Crippen LogP contribution in [0.5, 0.6) is 0 Å². The average Bonchev–Trinajstić information content (AvgIpc) is 3.04. The first-order valence-corrected chi connectivity index (χ1v) is 8.65. The Labute approximate surface area is 143 Å². The molecule has 0 saturated heterocycles. The summed E-state index contributed by atoms with van der Waals surface area (Å²) in [6.45, 7) is 0. The van der Waals surface area contributed by atoms with Gasteiger partial charge in [-0.1, -0.05) is 48.0 Å². The lowest BCUT2D eigenvalue weighted by atomic mass is 10.1. The fourth-order valence-electron chi connectivity index (χ4n) is 2.08. The van der Waals surface area contributed by atoms with Gasteiger partial charge in [0.25, 0.3) is 0 Å². The molecule has 0 radical (unpaired) electrons. The van der Waals surface area contributed by atoms with Crippen molar-refractivity contribution < 1.29 is 9.52 Å². The van der Waals surface area contributed by atoms with Crippen molar-refractivity contribution in [3.63, 3.8) is 0 Å². The first-order chi connectivity index (χ1) is 11.2. The zero-order valence-electron chi connectivity index (χ0n) is 12.2. The minimum Gasteiger partial charge on any atom is -0.420 e. The highest BCUT2D eigenvalue weighted by Gasteiger charge is 2.11. The number of hydrogen-bond donors (Lipinski definition) is 1. The molecule has 6 heteroatoms. The van der Waals surface area contributed by atoms with Crippen molar-refractivity contribution >= 4 is 23.4 Å². The van der Waals surface area contributed by atoms with Crippen LogP contribution in [0.1, 0.15) is 17.6 Å². The number of nitrogens with zero attached hydrogens (tertiary/aromatic N) is 2. The number of thioether (sulfide) groups is 1. The van der Waals surface area contributed by atoms with E-state index in [1.807, 2.05) is 42.5 Å². The van der Waals surface area contributed by atoms with E-state index in [0.29, 0.717) is 28.3 Å². The molecule has 118 valence electrons. The van der Waals surface area contributed by atoms with Crippen LogP contribution in [0.4, 0.5) is 0 Å². The van der Waals surface area contributed by atoms with Crippen LogP contribution in [0.2, 0.25) is 5.02 Å². The molecule has 4 nitrogen and oxygen atoms in total. The Bertz CT molecular complexity index is 764. The summed E-state index contributed by atoms with van der Waals surface area (Å²) >= 11 is 7.51. The Morgan fingerprint density at radius 1 is 1.09 bits per heavy atom. The van der Waals surface area contributed by atoms with Gasteiger partial charge < -0.3 is 9.52 Å². The maximum absolute atomic E-state index is 10.1. The molecule has 1 aromatic heterocycles.